The van der Waals surface area contributed by atoms with E-state index >= 15 is 0 Å². The van der Waals surface area contributed by atoms with Crippen molar-refractivity contribution in [2.45, 2.75) is 17.3 Å². The lowest BCUT2D eigenvalue weighted by Gasteiger charge is -2.09. The number of benzene rings is 1. The lowest BCUT2D eigenvalue weighted by atomic mass is 10.2. The predicted molar refractivity (Wildman–Crippen MR) is 68.3 cm³/mol. The van der Waals surface area contributed by atoms with Crippen molar-refractivity contribution >= 4 is 21.5 Å². The summed E-state index contributed by atoms with van der Waals surface area (Å²) in [6.07, 6.45) is -4.55. The zero-order valence-corrected chi connectivity index (χ0v) is 11.8. The van der Waals surface area contributed by atoms with Gasteiger partial charge in [0.15, 0.2) is 4.21 Å². The van der Waals surface area contributed by atoms with Crippen LogP contribution >= 0.6 is 11.3 Å². The summed E-state index contributed by atoms with van der Waals surface area (Å²) in [6, 6.07) is 6.68. The Morgan fingerprint density at radius 1 is 1.15 bits per heavy atom. The number of thiophene rings is 1. The molecular formula is C12H9F3O3S2. The Balaban J connectivity index is 2.31. The molecule has 0 fully saturated rings. The molecule has 0 saturated heterocycles. The second-order valence-electron chi connectivity index (χ2n) is 3.93. The first-order valence-corrected chi connectivity index (χ1v) is 7.59. The molecule has 1 heterocycles. The highest BCUT2D eigenvalue weighted by Gasteiger charge is 2.31. The van der Waals surface area contributed by atoms with Gasteiger partial charge in [0.1, 0.15) is 5.75 Å². The van der Waals surface area contributed by atoms with Gasteiger partial charge < -0.3 is 4.18 Å². The molecule has 0 saturated carbocycles. The van der Waals surface area contributed by atoms with Crippen molar-refractivity contribution in [2.24, 2.45) is 0 Å². The first-order valence-electron chi connectivity index (χ1n) is 5.37. The number of alkyl halides is 3. The van der Waals surface area contributed by atoms with Crippen molar-refractivity contribution in [3.05, 3.63) is 46.8 Å². The third kappa shape index (κ3) is 3.31. The molecule has 0 amide bonds. The van der Waals surface area contributed by atoms with Gasteiger partial charge in [-0.05, 0) is 37.3 Å². The molecule has 0 bridgehead atoms. The van der Waals surface area contributed by atoms with Crippen LogP contribution in [-0.4, -0.2) is 8.42 Å². The van der Waals surface area contributed by atoms with Gasteiger partial charge in [-0.2, -0.15) is 21.6 Å². The van der Waals surface area contributed by atoms with Gasteiger partial charge in [0.2, 0.25) is 0 Å². The quantitative estimate of drug-likeness (QED) is 0.806. The van der Waals surface area contributed by atoms with Crippen LogP contribution < -0.4 is 4.18 Å². The molecular weight excluding hydrogens is 313 g/mol. The molecule has 3 nitrogen and oxygen atoms in total. The van der Waals surface area contributed by atoms with Crippen LogP contribution in [0.25, 0.3) is 0 Å². The molecule has 0 aliphatic carbocycles. The van der Waals surface area contributed by atoms with E-state index in [-0.39, 0.29) is 9.96 Å². The minimum atomic E-state index is -4.55. The molecule has 108 valence electrons. The van der Waals surface area contributed by atoms with E-state index in [0.29, 0.717) is 6.07 Å². The fraction of sp³-hybridized carbons (Fsp3) is 0.167. The minimum Gasteiger partial charge on any atom is -0.378 e. The highest BCUT2D eigenvalue weighted by Crippen LogP contribution is 2.32. The summed E-state index contributed by atoms with van der Waals surface area (Å²) < 4.78 is 66.0. The molecule has 2 rings (SSSR count). The zero-order valence-electron chi connectivity index (χ0n) is 10.1. The topological polar surface area (TPSA) is 43.4 Å². The molecule has 1 aromatic carbocycles. The summed E-state index contributed by atoms with van der Waals surface area (Å²) in [4.78, 5) is 0.760. The average molecular weight is 322 g/mol. The maximum atomic E-state index is 12.5. The maximum absolute atomic E-state index is 12.5. The van der Waals surface area contributed by atoms with Gasteiger partial charge in [0.25, 0.3) is 0 Å². The number of hydrogen-bond donors (Lipinski definition) is 0. The standard InChI is InChI=1S/C12H9F3O3S2/c1-8-5-6-11(19-8)20(16,17)18-10-4-2-3-9(7-10)12(13,14)15/h2-7H,1H3. The number of aryl methyl sites for hydroxylation is 1. The third-order valence-electron chi connectivity index (χ3n) is 2.33. The highest BCUT2D eigenvalue weighted by atomic mass is 32.3. The van der Waals surface area contributed by atoms with E-state index in [9.17, 15) is 21.6 Å². The fourth-order valence-electron chi connectivity index (χ4n) is 1.44. The number of halogens is 3. The molecule has 20 heavy (non-hydrogen) atoms. The Kier molecular flexibility index (Phi) is 3.79. The van der Waals surface area contributed by atoms with Crippen molar-refractivity contribution < 1.29 is 25.8 Å². The Bertz CT molecular complexity index is 718. The van der Waals surface area contributed by atoms with Crippen LogP contribution in [0, 0.1) is 6.92 Å². The van der Waals surface area contributed by atoms with Gasteiger partial charge in [0.05, 0.1) is 5.56 Å². The number of hydrogen-bond acceptors (Lipinski definition) is 4. The largest absolute Gasteiger partial charge is 0.416 e. The van der Waals surface area contributed by atoms with E-state index in [4.69, 9.17) is 4.18 Å². The van der Waals surface area contributed by atoms with Gasteiger partial charge >= 0.3 is 16.3 Å². The second kappa shape index (κ2) is 5.10. The summed E-state index contributed by atoms with van der Waals surface area (Å²) in [7, 11) is -4.10. The molecule has 2 aromatic rings. The number of rotatable bonds is 3. The molecule has 0 spiro atoms. The van der Waals surface area contributed by atoms with E-state index in [1.807, 2.05) is 0 Å². The van der Waals surface area contributed by atoms with Crippen molar-refractivity contribution in [1.29, 1.82) is 0 Å². The van der Waals surface area contributed by atoms with Crippen LogP contribution in [0.4, 0.5) is 13.2 Å². The van der Waals surface area contributed by atoms with Crippen molar-refractivity contribution in [2.75, 3.05) is 0 Å². The molecule has 8 heteroatoms. The van der Waals surface area contributed by atoms with Crippen LogP contribution in [0.1, 0.15) is 10.4 Å². The van der Waals surface area contributed by atoms with Gasteiger partial charge in [0, 0.05) is 4.88 Å². The summed E-state index contributed by atoms with van der Waals surface area (Å²) >= 11 is 0.988. The fourth-order valence-corrected chi connectivity index (χ4v) is 3.61. The molecule has 0 N–H and O–H groups in total. The molecule has 0 aliphatic rings. The summed E-state index contributed by atoms with van der Waals surface area (Å²) in [5.41, 5.74) is -0.965. The molecule has 1 aromatic heterocycles. The van der Waals surface area contributed by atoms with Crippen LogP contribution in [-0.2, 0) is 16.3 Å². The zero-order chi connectivity index (χ0) is 15.0. The SMILES string of the molecule is Cc1ccc(S(=O)(=O)Oc2cccc(C(F)(F)F)c2)s1. The molecule has 0 atom stereocenters. The summed E-state index contributed by atoms with van der Waals surface area (Å²) in [5.74, 6) is -0.370. The normalized spacial score (nSPS) is 12.4. The van der Waals surface area contributed by atoms with E-state index in [0.717, 1.165) is 34.4 Å². The monoisotopic (exact) mass is 322 g/mol. The smallest absolute Gasteiger partial charge is 0.378 e. The maximum Gasteiger partial charge on any atom is 0.416 e. The van der Waals surface area contributed by atoms with Crippen LogP contribution in [0.5, 0.6) is 5.75 Å². The van der Waals surface area contributed by atoms with E-state index in [2.05, 4.69) is 0 Å². The highest BCUT2D eigenvalue weighted by molar-refractivity contribution is 7.89. The summed E-state index contributed by atoms with van der Waals surface area (Å²) in [6.45, 7) is 1.72. The first-order chi connectivity index (χ1) is 9.18. The van der Waals surface area contributed by atoms with Crippen LogP contribution in [0.15, 0.2) is 40.6 Å². The Labute approximate surface area is 117 Å². The molecule has 0 radical (unpaired) electrons. The van der Waals surface area contributed by atoms with E-state index in [1.54, 1.807) is 13.0 Å². The predicted octanol–water partition coefficient (Wildman–Crippen LogP) is 3.84. The van der Waals surface area contributed by atoms with Crippen molar-refractivity contribution in [1.82, 2.24) is 0 Å². The van der Waals surface area contributed by atoms with E-state index < -0.39 is 21.9 Å². The average Bonchev–Trinajstić information content (AvgIpc) is 2.75. The third-order valence-corrected chi connectivity index (χ3v) is 5.03. The summed E-state index contributed by atoms with van der Waals surface area (Å²) in [5, 5.41) is 0. The Morgan fingerprint density at radius 2 is 1.85 bits per heavy atom. The van der Waals surface area contributed by atoms with Gasteiger partial charge in [-0.15, -0.1) is 11.3 Å². The van der Waals surface area contributed by atoms with Crippen molar-refractivity contribution in [3.63, 3.8) is 0 Å². The second-order valence-corrected chi connectivity index (χ2v) is 6.99. The first kappa shape index (κ1) is 14.9. The van der Waals surface area contributed by atoms with Gasteiger partial charge in [-0.3, -0.25) is 0 Å². The minimum absolute atomic E-state index is 0.0487. The van der Waals surface area contributed by atoms with Crippen LogP contribution in [0.3, 0.4) is 0 Å². The van der Waals surface area contributed by atoms with Crippen LogP contribution in [0.2, 0.25) is 0 Å². The lowest BCUT2D eigenvalue weighted by molar-refractivity contribution is -0.137. The lowest BCUT2D eigenvalue weighted by Crippen LogP contribution is -2.10. The Morgan fingerprint density at radius 3 is 2.40 bits per heavy atom. The molecule has 0 unspecified atom stereocenters. The van der Waals surface area contributed by atoms with Gasteiger partial charge in [-0.1, -0.05) is 6.07 Å². The van der Waals surface area contributed by atoms with Crippen molar-refractivity contribution in [3.8, 4) is 5.75 Å². The molecule has 0 aliphatic heterocycles. The van der Waals surface area contributed by atoms with E-state index in [1.165, 1.54) is 6.07 Å². The van der Waals surface area contributed by atoms with Gasteiger partial charge in [-0.25, -0.2) is 0 Å². The Hall–Kier alpha value is -1.54.